The molecule has 2 N–H and O–H groups in total. The molecule has 2 fully saturated rings. The first-order chi connectivity index (χ1) is 13.0. The second kappa shape index (κ2) is 7.09. The van der Waals surface area contributed by atoms with Crippen molar-refractivity contribution in [2.75, 3.05) is 13.1 Å². The summed E-state index contributed by atoms with van der Waals surface area (Å²) in [6, 6.07) is 4.76. The van der Waals surface area contributed by atoms with Gasteiger partial charge in [-0.3, -0.25) is 5.10 Å². The molecular formula is C20H26F2N4O. The number of rotatable bonds is 2. The van der Waals surface area contributed by atoms with Crippen molar-refractivity contribution in [3.05, 3.63) is 29.5 Å². The fourth-order valence-corrected chi connectivity index (χ4v) is 4.40. The summed E-state index contributed by atoms with van der Waals surface area (Å²) in [4.78, 5) is 14.1. The second-order valence-electron chi connectivity index (χ2n) is 7.88. The van der Waals surface area contributed by atoms with Crippen molar-refractivity contribution in [3.63, 3.8) is 0 Å². The van der Waals surface area contributed by atoms with Crippen molar-refractivity contribution in [2.24, 2.45) is 0 Å². The Hall–Kier alpha value is -2.18. The summed E-state index contributed by atoms with van der Waals surface area (Å²) in [7, 11) is 0. The van der Waals surface area contributed by atoms with Crippen LogP contribution in [0.15, 0.2) is 18.2 Å². The van der Waals surface area contributed by atoms with Crippen LogP contribution in [0.1, 0.15) is 55.7 Å². The third kappa shape index (κ3) is 3.51. The van der Waals surface area contributed by atoms with Crippen LogP contribution in [0.25, 0.3) is 10.9 Å². The molecule has 7 heteroatoms. The Morgan fingerprint density at radius 2 is 2.04 bits per heavy atom. The minimum Gasteiger partial charge on any atom is -0.329 e. The Morgan fingerprint density at radius 1 is 1.26 bits per heavy atom. The molecule has 0 radical (unpaired) electrons. The predicted molar refractivity (Wildman–Crippen MR) is 100 cm³/mol. The summed E-state index contributed by atoms with van der Waals surface area (Å²) >= 11 is 0. The van der Waals surface area contributed by atoms with E-state index in [9.17, 15) is 13.6 Å². The number of aryl methyl sites for hydroxylation is 1. The number of hydrogen-bond donors (Lipinski definition) is 2. The van der Waals surface area contributed by atoms with Gasteiger partial charge in [-0.15, -0.1) is 0 Å². The Bertz CT molecular complexity index is 826. The van der Waals surface area contributed by atoms with Gasteiger partial charge in [-0.25, -0.2) is 13.6 Å². The number of nitrogens with zero attached hydrogens (tertiary/aromatic N) is 2. The summed E-state index contributed by atoms with van der Waals surface area (Å²) in [6.07, 6.45) is 3.11. The number of alkyl halides is 2. The van der Waals surface area contributed by atoms with Crippen LogP contribution in [0.4, 0.5) is 13.6 Å². The van der Waals surface area contributed by atoms with Gasteiger partial charge >= 0.3 is 6.03 Å². The number of nitrogens with one attached hydrogen (secondary N) is 2. The topological polar surface area (TPSA) is 61.0 Å². The summed E-state index contributed by atoms with van der Waals surface area (Å²) in [5, 5.41) is 11.3. The van der Waals surface area contributed by atoms with Gasteiger partial charge in [-0.05, 0) is 38.2 Å². The highest BCUT2D eigenvalue weighted by molar-refractivity contribution is 5.84. The van der Waals surface area contributed by atoms with Crippen LogP contribution in [-0.4, -0.2) is 46.2 Å². The zero-order chi connectivity index (χ0) is 19.0. The Kier molecular flexibility index (Phi) is 4.78. The van der Waals surface area contributed by atoms with E-state index in [2.05, 4.69) is 21.6 Å². The quantitative estimate of drug-likeness (QED) is 0.819. The van der Waals surface area contributed by atoms with E-state index in [-0.39, 0.29) is 12.5 Å². The van der Waals surface area contributed by atoms with E-state index in [4.69, 9.17) is 0 Å². The van der Waals surface area contributed by atoms with Crippen LogP contribution >= 0.6 is 0 Å². The van der Waals surface area contributed by atoms with Crippen molar-refractivity contribution in [3.8, 4) is 0 Å². The molecule has 4 rings (SSSR count). The highest BCUT2D eigenvalue weighted by Gasteiger charge is 2.43. The first kappa shape index (κ1) is 18.2. The van der Waals surface area contributed by atoms with E-state index in [0.29, 0.717) is 31.8 Å². The Labute approximate surface area is 157 Å². The zero-order valence-corrected chi connectivity index (χ0v) is 15.6. The molecule has 0 bridgehead atoms. The molecule has 1 atom stereocenters. The average molecular weight is 376 g/mol. The van der Waals surface area contributed by atoms with Crippen LogP contribution in [0, 0.1) is 6.92 Å². The van der Waals surface area contributed by atoms with Gasteiger partial charge in [0.05, 0.1) is 11.6 Å². The lowest BCUT2D eigenvalue weighted by Gasteiger charge is -2.36. The maximum Gasteiger partial charge on any atom is 0.317 e. The third-order valence-electron chi connectivity index (χ3n) is 6.07. The van der Waals surface area contributed by atoms with Crippen LogP contribution in [0.2, 0.25) is 0 Å². The number of likely N-dealkylation sites (tertiary alicyclic amines) is 1. The number of fused-ring (bicyclic) bond motifs is 1. The number of piperidine rings is 1. The molecule has 0 spiro atoms. The smallest absolute Gasteiger partial charge is 0.317 e. The van der Waals surface area contributed by atoms with Gasteiger partial charge in [0.1, 0.15) is 0 Å². The average Bonchev–Trinajstić information content (AvgIpc) is 3.09. The molecule has 1 aromatic carbocycles. The molecule has 2 aromatic rings. The fraction of sp³-hybridized carbons (Fsp3) is 0.600. The van der Waals surface area contributed by atoms with E-state index >= 15 is 0 Å². The summed E-state index contributed by atoms with van der Waals surface area (Å²) in [6.45, 7) is 3.18. The number of carbonyl (C=O) groups excluding carboxylic acids is 1. The third-order valence-corrected chi connectivity index (χ3v) is 6.07. The Morgan fingerprint density at radius 3 is 2.78 bits per heavy atom. The summed E-state index contributed by atoms with van der Waals surface area (Å²) < 4.78 is 28.0. The normalized spacial score (nSPS) is 23.5. The van der Waals surface area contributed by atoms with Gasteiger partial charge < -0.3 is 10.2 Å². The van der Waals surface area contributed by atoms with Gasteiger partial charge in [0.15, 0.2) is 0 Å². The number of benzene rings is 1. The molecule has 1 saturated heterocycles. The molecule has 0 unspecified atom stereocenters. The van der Waals surface area contributed by atoms with E-state index < -0.39 is 12.0 Å². The minimum absolute atomic E-state index is 0.133. The second-order valence-corrected chi connectivity index (χ2v) is 7.88. The standard InChI is InChI=1S/C20H26F2N4O/c1-13-5-4-6-15-17(13)24-25-18(15)14-8-11-26(12-9-14)19(27)23-16-7-2-3-10-20(16,21)22/h4-6,14,16H,2-3,7-12H2,1H3,(H,23,27)(H,24,25)/t16-/m1/s1. The van der Waals surface area contributed by atoms with Crippen LogP contribution in [0.5, 0.6) is 0 Å². The molecule has 2 heterocycles. The van der Waals surface area contributed by atoms with Crippen molar-refractivity contribution < 1.29 is 13.6 Å². The molecule has 1 aliphatic carbocycles. The number of hydrogen-bond acceptors (Lipinski definition) is 2. The summed E-state index contributed by atoms with van der Waals surface area (Å²) in [5.74, 6) is -2.49. The fourth-order valence-electron chi connectivity index (χ4n) is 4.40. The van der Waals surface area contributed by atoms with Gasteiger partial charge in [-0.2, -0.15) is 5.10 Å². The molecule has 146 valence electrons. The van der Waals surface area contributed by atoms with E-state index in [1.165, 1.54) is 0 Å². The van der Waals surface area contributed by atoms with Crippen LogP contribution in [-0.2, 0) is 0 Å². The molecule has 5 nitrogen and oxygen atoms in total. The first-order valence-corrected chi connectivity index (χ1v) is 9.82. The molecule has 1 aromatic heterocycles. The lowest BCUT2D eigenvalue weighted by atomic mass is 9.90. The molecule has 1 aliphatic heterocycles. The first-order valence-electron chi connectivity index (χ1n) is 9.82. The predicted octanol–water partition coefficient (Wildman–Crippen LogP) is 4.34. The largest absolute Gasteiger partial charge is 0.329 e. The minimum atomic E-state index is -2.79. The van der Waals surface area contributed by atoms with Crippen molar-refractivity contribution >= 4 is 16.9 Å². The van der Waals surface area contributed by atoms with Crippen molar-refractivity contribution in [1.82, 2.24) is 20.4 Å². The maximum absolute atomic E-state index is 14.0. The molecule has 2 amide bonds. The number of aromatic nitrogens is 2. The van der Waals surface area contributed by atoms with E-state index in [1.54, 1.807) is 4.90 Å². The monoisotopic (exact) mass is 376 g/mol. The molecular weight excluding hydrogens is 350 g/mol. The number of H-pyrrole nitrogens is 1. The Balaban J connectivity index is 1.38. The number of carbonyl (C=O) groups is 1. The van der Waals surface area contributed by atoms with Crippen LogP contribution < -0.4 is 5.32 Å². The maximum atomic E-state index is 14.0. The lowest BCUT2D eigenvalue weighted by Crippen LogP contribution is -2.54. The zero-order valence-electron chi connectivity index (χ0n) is 15.6. The highest BCUT2D eigenvalue weighted by atomic mass is 19.3. The van der Waals surface area contributed by atoms with Gasteiger partial charge in [0.2, 0.25) is 0 Å². The van der Waals surface area contributed by atoms with E-state index in [0.717, 1.165) is 41.4 Å². The molecule has 27 heavy (non-hydrogen) atoms. The number of aromatic amines is 1. The van der Waals surface area contributed by atoms with Crippen molar-refractivity contribution in [2.45, 2.75) is 63.3 Å². The van der Waals surface area contributed by atoms with Gasteiger partial charge in [-0.1, -0.05) is 24.6 Å². The van der Waals surface area contributed by atoms with Crippen LogP contribution in [0.3, 0.4) is 0 Å². The number of halogens is 2. The van der Waals surface area contributed by atoms with Crippen molar-refractivity contribution in [1.29, 1.82) is 0 Å². The number of para-hydroxylation sites is 1. The highest BCUT2D eigenvalue weighted by Crippen LogP contribution is 2.35. The van der Waals surface area contributed by atoms with Gasteiger partial charge in [0.25, 0.3) is 5.92 Å². The summed E-state index contributed by atoms with van der Waals surface area (Å²) in [5.41, 5.74) is 3.25. The molecule has 2 aliphatic rings. The number of urea groups is 1. The number of amides is 2. The van der Waals surface area contributed by atoms with E-state index in [1.807, 2.05) is 19.1 Å². The SMILES string of the molecule is Cc1cccc2c(C3CCN(C(=O)N[C@@H]4CCCCC4(F)F)CC3)[nH]nc12. The lowest BCUT2D eigenvalue weighted by molar-refractivity contribution is -0.0609. The molecule has 1 saturated carbocycles. The van der Waals surface area contributed by atoms with Gasteiger partial charge in [0, 0.05) is 36.5 Å².